The third kappa shape index (κ3) is 3.04. The van der Waals surface area contributed by atoms with Gasteiger partial charge in [-0.1, -0.05) is 11.8 Å². The number of amides is 1. The zero-order valence-corrected chi connectivity index (χ0v) is 10.6. The number of nitrogens with two attached hydrogens (primary N) is 1. The van der Waals surface area contributed by atoms with Gasteiger partial charge in [-0.05, 0) is 12.1 Å². The van der Waals surface area contributed by atoms with Gasteiger partial charge in [-0.2, -0.15) is 0 Å². The Morgan fingerprint density at radius 2 is 2.44 bits per heavy atom. The minimum atomic E-state index is -0.0991. The number of anilines is 1. The molecule has 2 aromatic heterocycles. The molecule has 0 aliphatic heterocycles. The van der Waals surface area contributed by atoms with Crippen molar-refractivity contribution in [1.82, 2.24) is 20.1 Å². The SMILES string of the molecule is Cn1c(N)nnc1SCC(=O)NCc1ccco1. The number of thioether (sulfide) groups is 1. The zero-order chi connectivity index (χ0) is 13.0. The van der Waals surface area contributed by atoms with Crippen molar-refractivity contribution in [1.29, 1.82) is 0 Å². The van der Waals surface area contributed by atoms with Gasteiger partial charge in [0.2, 0.25) is 11.9 Å². The van der Waals surface area contributed by atoms with Crippen molar-refractivity contribution < 1.29 is 9.21 Å². The molecule has 7 nitrogen and oxygen atoms in total. The van der Waals surface area contributed by atoms with E-state index in [2.05, 4.69) is 15.5 Å². The van der Waals surface area contributed by atoms with Crippen LogP contribution >= 0.6 is 11.8 Å². The molecule has 0 aromatic carbocycles. The van der Waals surface area contributed by atoms with Crippen LogP contribution in [0.2, 0.25) is 0 Å². The summed E-state index contributed by atoms with van der Waals surface area (Å²) < 4.78 is 6.73. The van der Waals surface area contributed by atoms with Gasteiger partial charge < -0.3 is 15.5 Å². The number of hydrogen-bond acceptors (Lipinski definition) is 6. The number of nitrogens with zero attached hydrogens (tertiary/aromatic N) is 3. The topological polar surface area (TPSA) is 99.0 Å². The fraction of sp³-hybridized carbons (Fsp3) is 0.300. The molecule has 18 heavy (non-hydrogen) atoms. The largest absolute Gasteiger partial charge is 0.467 e. The smallest absolute Gasteiger partial charge is 0.230 e. The lowest BCUT2D eigenvalue weighted by molar-refractivity contribution is -0.118. The van der Waals surface area contributed by atoms with Crippen LogP contribution in [0.3, 0.4) is 0 Å². The predicted molar refractivity (Wildman–Crippen MR) is 66.7 cm³/mol. The van der Waals surface area contributed by atoms with Gasteiger partial charge in [0, 0.05) is 7.05 Å². The van der Waals surface area contributed by atoms with Crippen LogP contribution in [-0.2, 0) is 18.4 Å². The maximum Gasteiger partial charge on any atom is 0.230 e. The third-order valence-electron chi connectivity index (χ3n) is 2.24. The molecule has 8 heteroatoms. The van der Waals surface area contributed by atoms with Gasteiger partial charge in [-0.3, -0.25) is 9.36 Å². The normalized spacial score (nSPS) is 10.5. The summed E-state index contributed by atoms with van der Waals surface area (Å²) in [6.07, 6.45) is 1.57. The number of rotatable bonds is 5. The molecule has 3 N–H and O–H groups in total. The molecule has 0 saturated carbocycles. The molecular weight excluding hydrogens is 254 g/mol. The van der Waals surface area contributed by atoms with Crippen LogP contribution in [0.4, 0.5) is 5.95 Å². The Morgan fingerprint density at radius 3 is 3.06 bits per heavy atom. The number of nitrogens with one attached hydrogen (secondary N) is 1. The molecule has 0 aliphatic carbocycles. The van der Waals surface area contributed by atoms with Gasteiger partial charge in [-0.15, -0.1) is 10.2 Å². The predicted octanol–water partition coefficient (Wildman–Crippen LogP) is 0.399. The minimum Gasteiger partial charge on any atom is -0.467 e. The molecule has 0 fully saturated rings. The highest BCUT2D eigenvalue weighted by Crippen LogP contribution is 2.15. The molecule has 96 valence electrons. The maximum atomic E-state index is 11.6. The van der Waals surface area contributed by atoms with E-state index in [1.54, 1.807) is 30.0 Å². The molecule has 0 spiro atoms. The molecule has 2 aromatic rings. The molecule has 0 saturated heterocycles. The van der Waals surface area contributed by atoms with Gasteiger partial charge in [-0.25, -0.2) is 0 Å². The number of furan rings is 1. The number of carbonyl (C=O) groups excluding carboxylic acids is 1. The van der Waals surface area contributed by atoms with E-state index in [1.165, 1.54) is 11.8 Å². The van der Waals surface area contributed by atoms with Gasteiger partial charge in [0.1, 0.15) is 5.76 Å². The summed E-state index contributed by atoms with van der Waals surface area (Å²) in [5.41, 5.74) is 5.53. The van der Waals surface area contributed by atoms with Gasteiger partial charge in [0.25, 0.3) is 0 Å². The fourth-order valence-corrected chi connectivity index (χ4v) is 1.98. The van der Waals surface area contributed by atoms with Gasteiger partial charge >= 0.3 is 0 Å². The van der Waals surface area contributed by atoms with E-state index in [-0.39, 0.29) is 11.7 Å². The van der Waals surface area contributed by atoms with Crippen molar-refractivity contribution in [2.45, 2.75) is 11.7 Å². The Balaban J connectivity index is 1.76. The van der Waals surface area contributed by atoms with Crippen molar-refractivity contribution in [2.75, 3.05) is 11.5 Å². The summed E-state index contributed by atoms with van der Waals surface area (Å²) in [6, 6.07) is 3.58. The average Bonchev–Trinajstić information content (AvgIpc) is 2.97. The Kier molecular flexibility index (Phi) is 3.88. The van der Waals surface area contributed by atoms with E-state index in [9.17, 15) is 4.79 Å². The summed E-state index contributed by atoms with van der Waals surface area (Å²) in [4.78, 5) is 11.6. The molecule has 1 amide bonds. The molecule has 0 atom stereocenters. The first-order valence-electron chi connectivity index (χ1n) is 5.23. The van der Waals surface area contributed by atoms with E-state index in [0.29, 0.717) is 17.6 Å². The summed E-state index contributed by atoms with van der Waals surface area (Å²) in [7, 11) is 1.75. The highest BCUT2D eigenvalue weighted by Gasteiger charge is 2.09. The average molecular weight is 267 g/mol. The monoisotopic (exact) mass is 267 g/mol. The molecule has 0 bridgehead atoms. The zero-order valence-electron chi connectivity index (χ0n) is 9.79. The van der Waals surface area contributed by atoms with Crippen LogP contribution in [0.1, 0.15) is 5.76 Å². The quantitative estimate of drug-likeness (QED) is 0.761. The Labute approximate surface area is 108 Å². The summed E-state index contributed by atoms with van der Waals surface area (Å²) in [5.74, 6) is 1.20. The van der Waals surface area contributed by atoms with Crippen LogP contribution in [0, 0.1) is 0 Å². The third-order valence-corrected chi connectivity index (χ3v) is 3.26. The highest BCUT2D eigenvalue weighted by atomic mass is 32.2. The van der Waals surface area contributed by atoms with Crippen molar-refractivity contribution in [2.24, 2.45) is 7.05 Å². The van der Waals surface area contributed by atoms with Crippen molar-refractivity contribution in [3.05, 3.63) is 24.2 Å². The van der Waals surface area contributed by atoms with Crippen molar-refractivity contribution >= 4 is 23.6 Å². The van der Waals surface area contributed by atoms with Crippen LogP contribution in [0.15, 0.2) is 28.0 Å². The molecular formula is C10H13N5O2S. The first-order valence-corrected chi connectivity index (χ1v) is 6.22. The summed E-state index contributed by atoms with van der Waals surface area (Å²) in [5, 5.41) is 10.9. The minimum absolute atomic E-state index is 0.0991. The molecule has 0 radical (unpaired) electrons. The Hall–Kier alpha value is -1.96. The van der Waals surface area contributed by atoms with E-state index in [1.807, 2.05) is 0 Å². The maximum absolute atomic E-state index is 11.6. The molecule has 0 aliphatic rings. The second-order valence-electron chi connectivity index (χ2n) is 3.54. The highest BCUT2D eigenvalue weighted by molar-refractivity contribution is 7.99. The van der Waals surface area contributed by atoms with E-state index in [0.717, 1.165) is 5.76 Å². The van der Waals surface area contributed by atoms with Crippen molar-refractivity contribution in [3.8, 4) is 0 Å². The first kappa shape index (κ1) is 12.5. The molecule has 2 heterocycles. The van der Waals surface area contributed by atoms with Gasteiger partial charge in [0.05, 0.1) is 18.6 Å². The summed E-state index contributed by atoms with van der Waals surface area (Å²) >= 11 is 1.28. The molecule has 2 rings (SSSR count). The Morgan fingerprint density at radius 1 is 1.61 bits per heavy atom. The van der Waals surface area contributed by atoms with E-state index in [4.69, 9.17) is 10.2 Å². The second-order valence-corrected chi connectivity index (χ2v) is 4.49. The lowest BCUT2D eigenvalue weighted by Crippen LogP contribution is -2.24. The van der Waals surface area contributed by atoms with E-state index >= 15 is 0 Å². The van der Waals surface area contributed by atoms with Crippen molar-refractivity contribution in [3.63, 3.8) is 0 Å². The lowest BCUT2D eigenvalue weighted by atomic mass is 10.4. The fourth-order valence-electron chi connectivity index (χ4n) is 1.23. The number of carbonyl (C=O) groups is 1. The van der Waals surface area contributed by atoms with E-state index < -0.39 is 0 Å². The Bertz CT molecular complexity index is 522. The van der Waals surface area contributed by atoms with Crippen LogP contribution in [0.25, 0.3) is 0 Å². The number of hydrogen-bond donors (Lipinski definition) is 2. The van der Waals surface area contributed by atoms with Crippen LogP contribution in [-0.4, -0.2) is 26.4 Å². The second kappa shape index (κ2) is 5.58. The van der Waals surface area contributed by atoms with Crippen LogP contribution in [0.5, 0.6) is 0 Å². The van der Waals surface area contributed by atoms with Gasteiger partial charge in [0.15, 0.2) is 5.16 Å². The number of aromatic nitrogens is 3. The molecule has 0 unspecified atom stereocenters. The number of nitrogen functional groups attached to an aromatic ring is 1. The first-order chi connectivity index (χ1) is 8.66. The standard InChI is InChI=1S/C10H13N5O2S/c1-15-9(11)13-14-10(15)18-6-8(16)12-5-7-3-2-4-17-7/h2-4H,5-6H2,1H3,(H2,11,13)(H,12,16). The van der Waals surface area contributed by atoms with Crippen LogP contribution < -0.4 is 11.1 Å². The lowest BCUT2D eigenvalue weighted by Gasteiger charge is -2.03. The summed E-state index contributed by atoms with van der Waals surface area (Å²) in [6.45, 7) is 0.382.